The van der Waals surface area contributed by atoms with E-state index in [0.717, 1.165) is 22.5 Å². The zero-order valence-corrected chi connectivity index (χ0v) is 16.0. The fourth-order valence-corrected chi connectivity index (χ4v) is 4.14. The number of carbonyl (C=O) groups excluding carboxylic acids is 1. The molecular weight excluding hydrogens is 360 g/mol. The average molecular weight is 380 g/mol. The summed E-state index contributed by atoms with van der Waals surface area (Å²) in [7, 11) is 0. The third-order valence-electron chi connectivity index (χ3n) is 5.60. The number of aromatic amines is 1. The lowest BCUT2D eigenvalue weighted by Gasteiger charge is -2.18. The second kappa shape index (κ2) is 7.02. The maximum absolute atomic E-state index is 13.1. The largest absolute Gasteiger partial charge is 0.345 e. The number of benzene rings is 2. The van der Waals surface area contributed by atoms with E-state index in [1.54, 1.807) is 12.5 Å². The molecule has 0 bridgehead atoms. The van der Waals surface area contributed by atoms with Crippen molar-refractivity contribution in [2.45, 2.75) is 19.4 Å². The molecule has 1 atom stereocenters. The molecule has 1 unspecified atom stereocenters. The molecule has 0 saturated heterocycles. The van der Waals surface area contributed by atoms with E-state index in [1.807, 2.05) is 55.0 Å². The van der Waals surface area contributed by atoms with Gasteiger partial charge in [0.2, 0.25) is 0 Å². The van der Waals surface area contributed by atoms with Crippen LogP contribution in [0.4, 0.5) is 0 Å². The van der Waals surface area contributed by atoms with Gasteiger partial charge < -0.3 is 9.55 Å². The Morgan fingerprint density at radius 3 is 2.52 bits per heavy atom. The summed E-state index contributed by atoms with van der Waals surface area (Å²) < 4.78 is 2.12. The normalized spacial score (nSPS) is 15.6. The molecule has 0 spiro atoms. The molecule has 0 aliphatic carbocycles. The number of carbonyl (C=O) groups is 1. The molecule has 29 heavy (non-hydrogen) atoms. The predicted molar refractivity (Wildman–Crippen MR) is 113 cm³/mol. The van der Waals surface area contributed by atoms with Crippen LogP contribution in [0.15, 0.2) is 79.6 Å². The zero-order chi connectivity index (χ0) is 19.8. The SMILES string of the molecule is CC1=C(c2ccccc2)C(CC(=O)c2ccc(-c3cnc[nH]3)cc2)n2cncc21. The van der Waals surface area contributed by atoms with Crippen LogP contribution in [-0.2, 0) is 0 Å². The van der Waals surface area contributed by atoms with Gasteiger partial charge in [-0.05, 0) is 29.2 Å². The summed E-state index contributed by atoms with van der Waals surface area (Å²) >= 11 is 0. The molecule has 2 aromatic heterocycles. The minimum absolute atomic E-state index is 0.0466. The molecule has 3 heterocycles. The Balaban J connectivity index is 1.45. The Labute approximate surface area is 168 Å². The molecule has 5 heteroatoms. The van der Waals surface area contributed by atoms with E-state index in [9.17, 15) is 4.79 Å². The van der Waals surface area contributed by atoms with Crippen LogP contribution in [0.25, 0.3) is 22.4 Å². The Morgan fingerprint density at radius 2 is 1.79 bits per heavy atom. The zero-order valence-electron chi connectivity index (χ0n) is 16.0. The van der Waals surface area contributed by atoms with Crippen LogP contribution in [0.5, 0.6) is 0 Å². The quantitative estimate of drug-likeness (QED) is 0.494. The van der Waals surface area contributed by atoms with Gasteiger partial charge >= 0.3 is 0 Å². The molecule has 1 aliphatic rings. The third kappa shape index (κ3) is 3.01. The first-order valence-electron chi connectivity index (χ1n) is 9.63. The summed E-state index contributed by atoms with van der Waals surface area (Å²) in [6.45, 7) is 2.11. The summed E-state index contributed by atoms with van der Waals surface area (Å²) in [6, 6.07) is 17.9. The molecule has 5 nitrogen and oxygen atoms in total. The van der Waals surface area contributed by atoms with Crippen LogP contribution in [0, 0.1) is 0 Å². The Hall–Kier alpha value is -3.73. The third-order valence-corrected chi connectivity index (χ3v) is 5.60. The molecule has 4 aromatic rings. The summed E-state index contributed by atoms with van der Waals surface area (Å²) in [5.41, 5.74) is 7.28. The van der Waals surface area contributed by atoms with Crippen LogP contribution in [-0.4, -0.2) is 25.3 Å². The monoisotopic (exact) mass is 380 g/mol. The van der Waals surface area contributed by atoms with Crippen molar-refractivity contribution in [3.8, 4) is 11.3 Å². The number of allylic oxidation sites excluding steroid dienone is 2. The number of nitrogens with one attached hydrogen (secondary N) is 1. The van der Waals surface area contributed by atoms with Gasteiger partial charge in [0.15, 0.2) is 5.78 Å². The van der Waals surface area contributed by atoms with Gasteiger partial charge in [-0.1, -0.05) is 54.6 Å². The standard InChI is InChI=1S/C24H20N4O/c1-16-22-13-26-15-28(22)21(24(16)19-5-3-2-4-6-19)11-23(29)18-9-7-17(8-10-18)20-12-25-14-27-20/h2-10,12-15,21H,11H2,1H3,(H,25,27). The van der Waals surface area contributed by atoms with Gasteiger partial charge in [0, 0.05) is 12.0 Å². The van der Waals surface area contributed by atoms with Crippen molar-refractivity contribution in [2.24, 2.45) is 0 Å². The van der Waals surface area contributed by atoms with Crippen LogP contribution >= 0.6 is 0 Å². The maximum atomic E-state index is 13.1. The lowest BCUT2D eigenvalue weighted by atomic mass is 9.91. The maximum Gasteiger partial charge on any atom is 0.165 e. The first kappa shape index (κ1) is 17.4. The lowest BCUT2D eigenvalue weighted by molar-refractivity contribution is 0.0972. The Morgan fingerprint density at radius 1 is 1.00 bits per heavy atom. The van der Waals surface area contributed by atoms with Gasteiger partial charge in [-0.25, -0.2) is 9.97 Å². The van der Waals surface area contributed by atoms with Gasteiger partial charge in [0.05, 0.1) is 42.5 Å². The van der Waals surface area contributed by atoms with Crippen molar-refractivity contribution in [1.29, 1.82) is 0 Å². The Kier molecular flexibility index (Phi) is 4.21. The highest BCUT2D eigenvalue weighted by molar-refractivity contribution is 6.01. The van der Waals surface area contributed by atoms with Crippen molar-refractivity contribution in [3.63, 3.8) is 0 Å². The van der Waals surface area contributed by atoms with Crippen molar-refractivity contribution in [2.75, 3.05) is 0 Å². The highest BCUT2D eigenvalue weighted by atomic mass is 16.1. The van der Waals surface area contributed by atoms with Gasteiger partial charge in [-0.2, -0.15) is 0 Å². The number of hydrogen-bond acceptors (Lipinski definition) is 3. The van der Waals surface area contributed by atoms with Crippen molar-refractivity contribution in [3.05, 3.63) is 96.5 Å². The molecule has 0 radical (unpaired) electrons. The minimum Gasteiger partial charge on any atom is -0.345 e. The molecule has 142 valence electrons. The topological polar surface area (TPSA) is 63.6 Å². The van der Waals surface area contributed by atoms with Crippen molar-refractivity contribution >= 4 is 16.9 Å². The van der Waals surface area contributed by atoms with E-state index >= 15 is 0 Å². The number of hydrogen-bond donors (Lipinski definition) is 1. The van der Waals surface area contributed by atoms with Crippen LogP contribution < -0.4 is 0 Å². The highest BCUT2D eigenvalue weighted by Gasteiger charge is 2.31. The van der Waals surface area contributed by atoms with E-state index in [4.69, 9.17) is 0 Å². The molecular formula is C24H20N4O. The number of imidazole rings is 2. The van der Waals surface area contributed by atoms with Gasteiger partial charge in [-0.3, -0.25) is 4.79 Å². The summed E-state index contributed by atoms with van der Waals surface area (Å²) in [5, 5.41) is 0. The number of nitrogens with zero attached hydrogens (tertiary/aromatic N) is 3. The summed E-state index contributed by atoms with van der Waals surface area (Å²) in [4.78, 5) is 24.6. The van der Waals surface area contributed by atoms with Crippen LogP contribution in [0.2, 0.25) is 0 Å². The molecule has 2 aromatic carbocycles. The molecule has 1 N–H and O–H groups in total. The number of fused-ring (bicyclic) bond motifs is 1. The number of aromatic nitrogens is 4. The van der Waals surface area contributed by atoms with Crippen molar-refractivity contribution < 1.29 is 4.79 Å². The van der Waals surface area contributed by atoms with Crippen LogP contribution in [0.1, 0.15) is 41.0 Å². The average Bonchev–Trinajstić information content (AvgIpc) is 3.49. The number of rotatable bonds is 5. The molecule has 0 amide bonds. The minimum atomic E-state index is -0.0466. The van der Waals surface area contributed by atoms with Gasteiger partial charge in [0.1, 0.15) is 0 Å². The lowest BCUT2D eigenvalue weighted by Crippen LogP contribution is -2.13. The van der Waals surface area contributed by atoms with E-state index < -0.39 is 0 Å². The van der Waals surface area contributed by atoms with Gasteiger partial charge in [0.25, 0.3) is 0 Å². The van der Waals surface area contributed by atoms with Gasteiger partial charge in [-0.15, -0.1) is 0 Å². The number of ketones is 1. The smallest absolute Gasteiger partial charge is 0.165 e. The fourth-order valence-electron chi connectivity index (χ4n) is 4.14. The predicted octanol–water partition coefficient (Wildman–Crippen LogP) is 5.03. The van der Waals surface area contributed by atoms with E-state index in [-0.39, 0.29) is 11.8 Å². The second-order valence-corrected chi connectivity index (χ2v) is 7.28. The summed E-state index contributed by atoms with van der Waals surface area (Å²) in [5.74, 6) is 0.119. The molecule has 0 saturated carbocycles. The first-order valence-corrected chi connectivity index (χ1v) is 9.63. The molecule has 1 aliphatic heterocycles. The van der Waals surface area contributed by atoms with Crippen molar-refractivity contribution in [1.82, 2.24) is 19.5 Å². The van der Waals surface area contributed by atoms with Crippen LogP contribution in [0.3, 0.4) is 0 Å². The fraction of sp³-hybridized carbons (Fsp3) is 0.125. The highest BCUT2D eigenvalue weighted by Crippen LogP contribution is 2.44. The second-order valence-electron chi connectivity index (χ2n) is 7.28. The van der Waals surface area contributed by atoms with E-state index in [2.05, 4.69) is 38.6 Å². The molecule has 0 fully saturated rings. The first-order chi connectivity index (χ1) is 14.2. The number of H-pyrrole nitrogens is 1. The van der Waals surface area contributed by atoms with E-state index in [0.29, 0.717) is 12.0 Å². The van der Waals surface area contributed by atoms with E-state index in [1.165, 1.54) is 11.1 Å². The Bertz CT molecular complexity index is 1190. The summed E-state index contributed by atoms with van der Waals surface area (Å²) in [6.07, 6.45) is 7.52. The molecule has 5 rings (SSSR count). The number of Topliss-reactive ketones (excluding diaryl/α,β-unsaturated/α-hetero) is 1.